The Morgan fingerprint density at radius 2 is 1.78 bits per heavy atom. The highest BCUT2D eigenvalue weighted by atomic mass is 32.2. The topological polar surface area (TPSA) is 149 Å². The molecule has 0 aliphatic carbocycles. The summed E-state index contributed by atoms with van der Waals surface area (Å²) in [5.41, 5.74) is 11.6. The van der Waals surface area contributed by atoms with Crippen molar-refractivity contribution in [2.24, 2.45) is 11.5 Å². The minimum Gasteiger partial charge on any atom is -0.438 e. The molecular weight excluding hydrogens is 372 g/mol. The van der Waals surface area contributed by atoms with E-state index in [-0.39, 0.29) is 12.3 Å². The van der Waals surface area contributed by atoms with Crippen molar-refractivity contribution in [1.82, 2.24) is 9.62 Å². The Balaban J connectivity index is 2.09. The van der Waals surface area contributed by atoms with Gasteiger partial charge in [0, 0.05) is 19.6 Å². The zero-order valence-corrected chi connectivity index (χ0v) is 15.4. The summed E-state index contributed by atoms with van der Waals surface area (Å²) in [7, 11) is -4.07. The third kappa shape index (κ3) is 5.91. The van der Waals surface area contributed by atoms with Crippen LogP contribution in [-0.4, -0.2) is 51.3 Å². The van der Waals surface area contributed by atoms with Crippen LogP contribution in [0.3, 0.4) is 0 Å². The summed E-state index contributed by atoms with van der Waals surface area (Å²) < 4.78 is 31.2. The van der Waals surface area contributed by atoms with Crippen molar-refractivity contribution in [3.8, 4) is 0 Å². The molecule has 9 nitrogen and oxygen atoms in total. The average molecular weight is 394 g/mol. The SMILES string of the molecule is NCCN(CCc1ccccc1)C(=O)c1ccc(S(=O)(=O)NCC(N)=O)o1. The number of rotatable bonds is 10. The highest BCUT2D eigenvalue weighted by molar-refractivity contribution is 7.89. The molecule has 1 heterocycles. The molecule has 2 aromatic rings. The normalized spacial score (nSPS) is 11.3. The molecule has 2 rings (SSSR count). The number of hydrogen-bond acceptors (Lipinski definition) is 6. The van der Waals surface area contributed by atoms with E-state index in [4.69, 9.17) is 15.9 Å². The lowest BCUT2D eigenvalue weighted by Gasteiger charge is -2.20. The van der Waals surface area contributed by atoms with Gasteiger partial charge in [-0.3, -0.25) is 9.59 Å². The average Bonchev–Trinajstić information content (AvgIpc) is 3.15. The quantitative estimate of drug-likeness (QED) is 0.503. The standard InChI is InChI=1S/C17H22N4O5S/c18-9-11-21(10-8-13-4-2-1-3-5-13)17(23)14-6-7-16(26-14)27(24,25)20-12-15(19)22/h1-7,20H,8-12,18H2,(H2,19,22). The molecular formula is C17H22N4O5S. The van der Waals surface area contributed by atoms with Crippen LogP contribution >= 0.6 is 0 Å². The van der Waals surface area contributed by atoms with Gasteiger partial charge in [-0.05, 0) is 24.1 Å². The second kappa shape index (κ2) is 9.31. The lowest BCUT2D eigenvalue weighted by Crippen LogP contribution is -2.36. The van der Waals surface area contributed by atoms with E-state index in [2.05, 4.69) is 0 Å². The fourth-order valence-electron chi connectivity index (χ4n) is 2.35. The molecule has 0 atom stereocenters. The van der Waals surface area contributed by atoms with E-state index in [0.717, 1.165) is 11.6 Å². The molecule has 0 aliphatic heterocycles. The van der Waals surface area contributed by atoms with Crippen LogP contribution in [0.5, 0.6) is 0 Å². The van der Waals surface area contributed by atoms with Gasteiger partial charge in [-0.15, -0.1) is 0 Å². The van der Waals surface area contributed by atoms with Crippen LogP contribution in [0.25, 0.3) is 0 Å². The Morgan fingerprint density at radius 1 is 1.07 bits per heavy atom. The van der Waals surface area contributed by atoms with Crippen molar-refractivity contribution >= 4 is 21.8 Å². The zero-order chi connectivity index (χ0) is 19.9. The molecule has 0 spiro atoms. The van der Waals surface area contributed by atoms with Crippen molar-refractivity contribution in [1.29, 1.82) is 0 Å². The molecule has 0 radical (unpaired) electrons. The maximum atomic E-state index is 12.6. The minimum atomic E-state index is -4.07. The molecule has 146 valence electrons. The Kier molecular flexibility index (Phi) is 7.11. The van der Waals surface area contributed by atoms with Crippen molar-refractivity contribution in [2.45, 2.75) is 11.5 Å². The number of furan rings is 1. The number of primary amides is 1. The van der Waals surface area contributed by atoms with Gasteiger partial charge in [-0.25, -0.2) is 8.42 Å². The lowest BCUT2D eigenvalue weighted by atomic mass is 10.1. The number of amides is 2. The first-order valence-corrected chi connectivity index (χ1v) is 9.73. The maximum absolute atomic E-state index is 12.6. The van der Waals surface area contributed by atoms with Crippen molar-refractivity contribution in [3.63, 3.8) is 0 Å². The number of benzene rings is 1. The fraction of sp³-hybridized carbons (Fsp3) is 0.294. The number of hydrogen-bond donors (Lipinski definition) is 3. The Morgan fingerprint density at radius 3 is 2.41 bits per heavy atom. The van der Waals surface area contributed by atoms with Crippen LogP contribution in [0.15, 0.2) is 52.0 Å². The van der Waals surface area contributed by atoms with Gasteiger partial charge >= 0.3 is 0 Å². The molecule has 2 amide bonds. The van der Waals surface area contributed by atoms with Crippen molar-refractivity contribution in [3.05, 3.63) is 53.8 Å². The highest BCUT2D eigenvalue weighted by Crippen LogP contribution is 2.16. The summed E-state index contributed by atoms with van der Waals surface area (Å²) in [6.45, 7) is 0.395. The van der Waals surface area contributed by atoms with Gasteiger partial charge in [0.25, 0.3) is 15.9 Å². The van der Waals surface area contributed by atoms with Crippen LogP contribution in [0.4, 0.5) is 0 Å². The maximum Gasteiger partial charge on any atom is 0.289 e. The smallest absolute Gasteiger partial charge is 0.289 e. The van der Waals surface area contributed by atoms with Crippen LogP contribution in [-0.2, 0) is 21.2 Å². The predicted octanol–water partition coefficient (Wildman–Crippen LogP) is -0.313. The highest BCUT2D eigenvalue weighted by Gasteiger charge is 2.24. The van der Waals surface area contributed by atoms with Gasteiger partial charge in [0.2, 0.25) is 11.0 Å². The minimum absolute atomic E-state index is 0.129. The number of nitrogens with one attached hydrogen (secondary N) is 1. The van der Waals surface area contributed by atoms with E-state index >= 15 is 0 Å². The Bertz CT molecular complexity index is 880. The molecule has 0 unspecified atom stereocenters. The van der Waals surface area contributed by atoms with Gasteiger partial charge in [0.1, 0.15) is 0 Å². The molecule has 0 saturated heterocycles. The first kappa shape index (κ1) is 20.6. The van der Waals surface area contributed by atoms with E-state index in [1.807, 2.05) is 35.1 Å². The Labute approximate surface area is 157 Å². The summed E-state index contributed by atoms with van der Waals surface area (Å²) in [6.07, 6.45) is 0.624. The number of sulfonamides is 1. The summed E-state index contributed by atoms with van der Waals surface area (Å²) in [4.78, 5) is 24.9. The van der Waals surface area contributed by atoms with Crippen LogP contribution in [0.1, 0.15) is 16.1 Å². The molecule has 0 saturated carbocycles. The Hall–Kier alpha value is -2.69. The number of nitrogens with zero attached hydrogens (tertiary/aromatic N) is 1. The summed E-state index contributed by atoms with van der Waals surface area (Å²) in [5.74, 6) is -1.43. The van der Waals surface area contributed by atoms with Gasteiger partial charge < -0.3 is 20.8 Å². The third-order valence-electron chi connectivity index (χ3n) is 3.69. The van der Waals surface area contributed by atoms with Gasteiger partial charge in [0.05, 0.1) is 6.54 Å². The number of carbonyl (C=O) groups excluding carboxylic acids is 2. The summed E-state index contributed by atoms with van der Waals surface area (Å²) in [6, 6.07) is 12.0. The van der Waals surface area contributed by atoms with Crippen molar-refractivity contribution < 1.29 is 22.4 Å². The zero-order valence-electron chi connectivity index (χ0n) is 14.6. The number of carbonyl (C=O) groups is 2. The number of nitrogens with two attached hydrogens (primary N) is 2. The van der Waals surface area contributed by atoms with E-state index in [1.54, 1.807) is 0 Å². The van der Waals surface area contributed by atoms with Crippen LogP contribution < -0.4 is 16.2 Å². The van der Waals surface area contributed by atoms with Crippen LogP contribution in [0.2, 0.25) is 0 Å². The van der Waals surface area contributed by atoms with E-state index in [9.17, 15) is 18.0 Å². The fourth-order valence-corrected chi connectivity index (χ4v) is 3.27. The monoisotopic (exact) mass is 394 g/mol. The molecule has 0 fully saturated rings. The largest absolute Gasteiger partial charge is 0.438 e. The molecule has 1 aromatic carbocycles. The first-order chi connectivity index (χ1) is 12.8. The molecule has 1 aromatic heterocycles. The molecule has 0 aliphatic rings. The van der Waals surface area contributed by atoms with E-state index in [0.29, 0.717) is 19.5 Å². The third-order valence-corrected chi connectivity index (χ3v) is 4.97. The molecule has 0 bridgehead atoms. The van der Waals surface area contributed by atoms with Gasteiger partial charge in [0.15, 0.2) is 5.76 Å². The van der Waals surface area contributed by atoms with E-state index in [1.165, 1.54) is 11.0 Å². The van der Waals surface area contributed by atoms with Gasteiger partial charge in [-0.1, -0.05) is 30.3 Å². The van der Waals surface area contributed by atoms with Crippen LogP contribution in [0, 0.1) is 0 Å². The summed E-state index contributed by atoms with van der Waals surface area (Å²) in [5, 5.41) is -0.470. The summed E-state index contributed by atoms with van der Waals surface area (Å²) >= 11 is 0. The first-order valence-electron chi connectivity index (χ1n) is 8.24. The van der Waals surface area contributed by atoms with Crippen molar-refractivity contribution in [2.75, 3.05) is 26.2 Å². The molecule has 5 N–H and O–H groups in total. The molecule has 27 heavy (non-hydrogen) atoms. The van der Waals surface area contributed by atoms with E-state index < -0.39 is 33.5 Å². The predicted molar refractivity (Wildman–Crippen MR) is 98.2 cm³/mol. The second-order valence-corrected chi connectivity index (χ2v) is 7.42. The second-order valence-electron chi connectivity index (χ2n) is 5.73. The molecule has 10 heteroatoms. The lowest BCUT2D eigenvalue weighted by molar-refractivity contribution is -0.116. The van der Waals surface area contributed by atoms with Gasteiger partial charge in [-0.2, -0.15) is 4.72 Å².